The van der Waals surface area contributed by atoms with Gasteiger partial charge >= 0.3 is 0 Å². The summed E-state index contributed by atoms with van der Waals surface area (Å²) in [5, 5.41) is 9.77. The Morgan fingerprint density at radius 1 is 1.11 bits per heavy atom. The summed E-state index contributed by atoms with van der Waals surface area (Å²) in [4.78, 5) is 17.2. The van der Waals surface area contributed by atoms with Gasteiger partial charge in [-0.05, 0) is 64.1 Å². The third kappa shape index (κ3) is 4.44. The van der Waals surface area contributed by atoms with E-state index in [2.05, 4.69) is 66.0 Å². The second kappa shape index (κ2) is 9.38. The van der Waals surface area contributed by atoms with E-state index in [9.17, 15) is 4.79 Å². The van der Waals surface area contributed by atoms with Crippen LogP contribution in [0.2, 0.25) is 0 Å². The van der Waals surface area contributed by atoms with Gasteiger partial charge in [0.2, 0.25) is 4.80 Å². The van der Waals surface area contributed by atoms with Gasteiger partial charge in [0, 0.05) is 40.1 Å². The Bertz CT molecular complexity index is 1510. The van der Waals surface area contributed by atoms with Crippen LogP contribution in [0, 0.1) is 20.8 Å². The van der Waals surface area contributed by atoms with Crippen LogP contribution >= 0.6 is 11.3 Å². The van der Waals surface area contributed by atoms with Crippen molar-refractivity contribution in [3.63, 3.8) is 0 Å². The summed E-state index contributed by atoms with van der Waals surface area (Å²) < 4.78 is 9.61. The van der Waals surface area contributed by atoms with Crippen molar-refractivity contribution in [3.05, 3.63) is 81.2 Å². The molecule has 35 heavy (non-hydrogen) atoms. The fourth-order valence-electron chi connectivity index (χ4n) is 4.22. The SMILES string of the molecule is CCN=c1scc(-c2ccc3c(c2)NC(=O)CO3)n1N=Cc1cc(C)n(-c2ccc(C)cc2)c1C. The molecule has 8 heteroatoms. The summed E-state index contributed by atoms with van der Waals surface area (Å²) in [5.74, 6) is 0.511. The Labute approximate surface area is 208 Å². The molecule has 0 bridgehead atoms. The molecule has 1 aliphatic rings. The number of benzene rings is 2. The lowest BCUT2D eigenvalue weighted by Gasteiger charge is -2.18. The molecule has 1 amide bonds. The predicted molar refractivity (Wildman–Crippen MR) is 141 cm³/mol. The molecule has 0 unspecified atom stereocenters. The van der Waals surface area contributed by atoms with Gasteiger partial charge in [0.05, 0.1) is 17.6 Å². The van der Waals surface area contributed by atoms with E-state index in [1.165, 1.54) is 16.9 Å². The second-order valence-corrected chi connectivity index (χ2v) is 9.32. The van der Waals surface area contributed by atoms with Crippen molar-refractivity contribution in [3.8, 4) is 22.7 Å². The summed E-state index contributed by atoms with van der Waals surface area (Å²) in [7, 11) is 0. The first-order valence-electron chi connectivity index (χ1n) is 11.5. The van der Waals surface area contributed by atoms with Crippen LogP contribution in [0.4, 0.5) is 5.69 Å². The summed E-state index contributed by atoms with van der Waals surface area (Å²) >= 11 is 1.54. The highest BCUT2D eigenvalue weighted by Crippen LogP contribution is 2.33. The van der Waals surface area contributed by atoms with Gasteiger partial charge < -0.3 is 14.6 Å². The van der Waals surface area contributed by atoms with Crippen LogP contribution < -0.4 is 14.9 Å². The van der Waals surface area contributed by atoms with Gasteiger partial charge in [-0.2, -0.15) is 5.10 Å². The number of nitrogens with zero attached hydrogens (tertiary/aromatic N) is 4. The van der Waals surface area contributed by atoms with Crippen molar-refractivity contribution in [2.45, 2.75) is 27.7 Å². The van der Waals surface area contributed by atoms with E-state index in [1.807, 2.05) is 41.4 Å². The van der Waals surface area contributed by atoms with Crippen molar-refractivity contribution in [1.82, 2.24) is 9.24 Å². The standard InChI is InChI=1S/C27H27N5O2S/c1-5-28-27-32(24(16-35-27)20-8-11-25-23(13-20)30-26(33)15-34-25)29-14-21-12-18(3)31(19(21)4)22-9-6-17(2)7-10-22/h6-14,16H,5,15H2,1-4H3,(H,30,33). The number of thiazole rings is 1. The Kier molecular flexibility index (Phi) is 6.13. The van der Waals surface area contributed by atoms with Gasteiger partial charge in [-0.1, -0.05) is 17.7 Å². The van der Waals surface area contributed by atoms with Gasteiger partial charge in [0.1, 0.15) is 5.75 Å². The number of nitrogens with one attached hydrogen (secondary N) is 1. The van der Waals surface area contributed by atoms with Crippen molar-refractivity contribution < 1.29 is 9.53 Å². The molecule has 1 N–H and O–H groups in total. The van der Waals surface area contributed by atoms with Gasteiger partial charge in [-0.25, -0.2) is 4.68 Å². The van der Waals surface area contributed by atoms with Gasteiger partial charge in [0.25, 0.3) is 5.91 Å². The number of ether oxygens (including phenoxy) is 1. The maximum atomic E-state index is 11.8. The number of carbonyl (C=O) groups excluding carboxylic acids is 1. The van der Waals surface area contributed by atoms with Gasteiger partial charge in [-0.3, -0.25) is 9.79 Å². The molecule has 0 radical (unpaired) electrons. The molecule has 7 nitrogen and oxygen atoms in total. The van der Waals surface area contributed by atoms with Crippen LogP contribution in [0.3, 0.4) is 0 Å². The van der Waals surface area contributed by atoms with Gasteiger partial charge in [-0.15, -0.1) is 11.3 Å². The van der Waals surface area contributed by atoms with Crippen molar-refractivity contribution >= 4 is 29.1 Å². The number of fused-ring (bicyclic) bond motifs is 1. The molecule has 178 valence electrons. The van der Waals surface area contributed by atoms with E-state index >= 15 is 0 Å². The van der Waals surface area contributed by atoms with Crippen LogP contribution in [0.25, 0.3) is 16.9 Å². The minimum absolute atomic E-state index is 0.0373. The minimum Gasteiger partial charge on any atom is -0.482 e. The maximum Gasteiger partial charge on any atom is 0.262 e. The lowest BCUT2D eigenvalue weighted by Crippen LogP contribution is -2.25. The summed E-state index contributed by atoms with van der Waals surface area (Å²) in [6, 6.07) is 16.4. The predicted octanol–water partition coefficient (Wildman–Crippen LogP) is 5.07. The molecular weight excluding hydrogens is 458 g/mol. The Hall–Kier alpha value is -3.91. The number of aryl methyl sites for hydroxylation is 2. The van der Waals surface area contributed by atoms with E-state index in [4.69, 9.17) is 9.84 Å². The second-order valence-electron chi connectivity index (χ2n) is 8.48. The smallest absolute Gasteiger partial charge is 0.262 e. The van der Waals surface area contributed by atoms with E-state index in [-0.39, 0.29) is 12.5 Å². The van der Waals surface area contributed by atoms with Crippen molar-refractivity contribution in [2.24, 2.45) is 10.1 Å². The maximum absolute atomic E-state index is 11.8. The number of hydrogen-bond donors (Lipinski definition) is 1. The largest absolute Gasteiger partial charge is 0.482 e. The molecule has 3 heterocycles. The third-order valence-corrected chi connectivity index (χ3v) is 6.82. The highest BCUT2D eigenvalue weighted by Gasteiger charge is 2.18. The Balaban J connectivity index is 1.55. The molecule has 0 fully saturated rings. The number of aromatic nitrogens is 2. The summed E-state index contributed by atoms with van der Waals surface area (Å²) in [5.41, 5.74) is 8.16. The zero-order valence-corrected chi connectivity index (χ0v) is 21.0. The lowest BCUT2D eigenvalue weighted by molar-refractivity contribution is -0.118. The lowest BCUT2D eigenvalue weighted by atomic mass is 10.1. The monoisotopic (exact) mass is 485 g/mol. The fraction of sp³-hybridized carbons (Fsp3) is 0.222. The molecule has 4 aromatic rings. The molecule has 0 saturated carbocycles. The minimum atomic E-state index is -0.156. The topological polar surface area (TPSA) is 72.9 Å². The number of amides is 1. The molecule has 5 rings (SSSR count). The van der Waals surface area contributed by atoms with Crippen LogP contribution in [0.15, 0.2) is 64.0 Å². The Morgan fingerprint density at radius 2 is 1.91 bits per heavy atom. The molecule has 0 spiro atoms. The van der Waals surface area contributed by atoms with E-state index in [0.29, 0.717) is 18.0 Å². The highest BCUT2D eigenvalue weighted by atomic mass is 32.1. The molecule has 0 atom stereocenters. The van der Waals surface area contributed by atoms with Crippen LogP contribution in [-0.4, -0.2) is 34.5 Å². The van der Waals surface area contributed by atoms with Crippen molar-refractivity contribution in [2.75, 3.05) is 18.5 Å². The molecule has 2 aromatic carbocycles. The first-order valence-corrected chi connectivity index (χ1v) is 12.4. The van der Waals surface area contributed by atoms with E-state index in [1.54, 1.807) is 0 Å². The molecule has 2 aromatic heterocycles. The zero-order valence-electron chi connectivity index (χ0n) is 20.2. The quantitative estimate of drug-likeness (QED) is 0.401. The molecule has 1 aliphatic heterocycles. The first kappa shape index (κ1) is 22.9. The number of hydrogen-bond acceptors (Lipinski definition) is 5. The van der Waals surface area contributed by atoms with E-state index in [0.717, 1.165) is 38.7 Å². The molecule has 0 saturated heterocycles. The zero-order chi connectivity index (χ0) is 24.5. The summed E-state index contributed by atoms with van der Waals surface area (Å²) in [6.07, 6.45) is 1.89. The number of rotatable bonds is 5. The van der Waals surface area contributed by atoms with Crippen molar-refractivity contribution in [1.29, 1.82) is 0 Å². The average molecular weight is 486 g/mol. The van der Waals surface area contributed by atoms with Crippen LogP contribution in [0.1, 0.15) is 29.4 Å². The van der Waals surface area contributed by atoms with Crippen LogP contribution in [0.5, 0.6) is 5.75 Å². The fourth-order valence-corrected chi connectivity index (χ4v) is 5.13. The first-order chi connectivity index (χ1) is 16.9. The Morgan fingerprint density at radius 3 is 2.69 bits per heavy atom. The number of anilines is 1. The van der Waals surface area contributed by atoms with Gasteiger partial charge in [0.15, 0.2) is 6.61 Å². The normalized spacial score (nSPS) is 13.7. The summed E-state index contributed by atoms with van der Waals surface area (Å²) in [6.45, 7) is 9.01. The average Bonchev–Trinajstić information content (AvgIpc) is 3.37. The molecule has 0 aliphatic carbocycles. The molecular formula is C27H27N5O2S. The van der Waals surface area contributed by atoms with E-state index < -0.39 is 0 Å². The highest BCUT2D eigenvalue weighted by molar-refractivity contribution is 7.07. The van der Waals surface area contributed by atoms with Crippen LogP contribution in [-0.2, 0) is 4.79 Å². The number of carbonyl (C=O) groups is 1. The third-order valence-electron chi connectivity index (χ3n) is 5.96.